The number of nitrogens with two attached hydrogens (primary N) is 1. The van der Waals surface area contributed by atoms with Crippen LogP contribution >= 0.6 is 0 Å². The SMILES string of the molecule is CN1C(=O)C2(N=C1N)c1cc(CCC3CC3)ccc1OC21CCC(OC(F)F)CC1. The third kappa shape index (κ3) is 2.91. The topological polar surface area (TPSA) is 77.2 Å². The van der Waals surface area contributed by atoms with Gasteiger partial charge in [0.1, 0.15) is 11.4 Å². The first-order valence-electron chi connectivity index (χ1n) is 10.7. The zero-order valence-corrected chi connectivity index (χ0v) is 17.1. The molecule has 4 aliphatic rings. The largest absolute Gasteiger partial charge is 0.483 e. The maximum absolute atomic E-state index is 13.5. The highest BCUT2D eigenvalue weighted by atomic mass is 19.3. The van der Waals surface area contributed by atoms with Crippen molar-refractivity contribution in [2.75, 3.05) is 7.05 Å². The predicted molar refractivity (Wildman–Crippen MR) is 106 cm³/mol. The van der Waals surface area contributed by atoms with Crippen molar-refractivity contribution in [3.63, 3.8) is 0 Å². The van der Waals surface area contributed by atoms with E-state index in [1.165, 1.54) is 17.7 Å². The highest BCUT2D eigenvalue weighted by Gasteiger charge is 2.69. The van der Waals surface area contributed by atoms with E-state index in [2.05, 4.69) is 6.07 Å². The standard InChI is InChI=1S/C22H27F2N3O3/c1-27-18(28)22(26-20(27)25)16-12-14(5-4-13-2-3-13)6-7-17(16)30-21(22)10-8-15(9-11-21)29-19(23)24/h6-7,12-13,15,19H,2-5,8-11H2,1H3,(H2,25,26). The van der Waals surface area contributed by atoms with Gasteiger partial charge in [-0.3, -0.25) is 9.69 Å². The first-order valence-corrected chi connectivity index (χ1v) is 10.7. The second-order valence-electron chi connectivity index (χ2n) is 9.05. The molecular formula is C22H27F2N3O3. The van der Waals surface area contributed by atoms with Crippen molar-refractivity contribution in [3.05, 3.63) is 29.3 Å². The van der Waals surface area contributed by atoms with Crippen molar-refractivity contribution in [2.45, 2.75) is 75.2 Å². The Balaban J connectivity index is 1.51. The molecule has 2 spiro atoms. The summed E-state index contributed by atoms with van der Waals surface area (Å²) in [5, 5.41) is 0. The van der Waals surface area contributed by atoms with Gasteiger partial charge in [0.25, 0.3) is 5.91 Å². The molecule has 162 valence electrons. The molecule has 1 atom stereocenters. The van der Waals surface area contributed by atoms with Gasteiger partial charge < -0.3 is 15.2 Å². The Morgan fingerprint density at radius 3 is 2.63 bits per heavy atom. The molecule has 2 saturated carbocycles. The molecule has 0 saturated heterocycles. The van der Waals surface area contributed by atoms with Crippen LogP contribution in [0.5, 0.6) is 5.75 Å². The summed E-state index contributed by atoms with van der Waals surface area (Å²) in [5.41, 5.74) is 5.80. The molecule has 6 nitrogen and oxygen atoms in total. The highest BCUT2D eigenvalue weighted by Crippen LogP contribution is 2.58. The summed E-state index contributed by atoms with van der Waals surface area (Å²) in [6, 6.07) is 6.02. The van der Waals surface area contributed by atoms with Crippen LogP contribution in [0.25, 0.3) is 0 Å². The third-order valence-corrected chi connectivity index (χ3v) is 7.21. The fourth-order valence-electron chi connectivity index (χ4n) is 5.33. The van der Waals surface area contributed by atoms with Crippen LogP contribution in [0.2, 0.25) is 0 Å². The number of carbonyl (C=O) groups is 1. The van der Waals surface area contributed by atoms with Crippen LogP contribution in [0.15, 0.2) is 23.2 Å². The van der Waals surface area contributed by atoms with Gasteiger partial charge >= 0.3 is 6.61 Å². The summed E-state index contributed by atoms with van der Waals surface area (Å²) in [4.78, 5) is 19.6. The lowest BCUT2D eigenvalue weighted by Gasteiger charge is -2.43. The number of ether oxygens (including phenoxy) is 2. The Hall–Kier alpha value is -2.22. The smallest absolute Gasteiger partial charge is 0.345 e. The zero-order chi connectivity index (χ0) is 21.1. The van der Waals surface area contributed by atoms with Crippen molar-refractivity contribution in [3.8, 4) is 5.75 Å². The lowest BCUT2D eigenvalue weighted by molar-refractivity contribution is -0.182. The Morgan fingerprint density at radius 2 is 2.03 bits per heavy atom. The number of aliphatic imine (C=N–C) groups is 1. The molecule has 2 fully saturated rings. The number of halogens is 2. The summed E-state index contributed by atoms with van der Waals surface area (Å²) in [6.45, 7) is -2.80. The van der Waals surface area contributed by atoms with E-state index in [1.54, 1.807) is 7.05 Å². The average Bonchev–Trinajstić information content (AvgIpc) is 3.47. The van der Waals surface area contributed by atoms with Crippen molar-refractivity contribution in [1.29, 1.82) is 0 Å². The number of alkyl halides is 2. The number of nitrogens with zero attached hydrogens (tertiary/aromatic N) is 2. The summed E-state index contributed by atoms with van der Waals surface area (Å²) in [6.07, 6.45) is 5.68. The van der Waals surface area contributed by atoms with Crippen LogP contribution in [0.3, 0.4) is 0 Å². The summed E-state index contributed by atoms with van der Waals surface area (Å²) < 4.78 is 36.5. The van der Waals surface area contributed by atoms with Crippen LogP contribution in [0.1, 0.15) is 56.1 Å². The number of fused-ring (bicyclic) bond motifs is 3. The van der Waals surface area contributed by atoms with Gasteiger partial charge in [0, 0.05) is 12.6 Å². The van der Waals surface area contributed by atoms with E-state index in [4.69, 9.17) is 20.2 Å². The van der Waals surface area contributed by atoms with E-state index in [0.717, 1.165) is 29.9 Å². The van der Waals surface area contributed by atoms with E-state index >= 15 is 0 Å². The minimum Gasteiger partial charge on any atom is -0.483 e. The molecule has 0 radical (unpaired) electrons. The van der Waals surface area contributed by atoms with Gasteiger partial charge in [-0.25, -0.2) is 4.99 Å². The average molecular weight is 419 g/mol. The van der Waals surface area contributed by atoms with Crippen molar-refractivity contribution in [2.24, 2.45) is 16.6 Å². The minimum absolute atomic E-state index is 0.158. The van der Waals surface area contributed by atoms with Crippen LogP contribution in [0, 0.1) is 5.92 Å². The molecular weight excluding hydrogens is 392 g/mol. The van der Waals surface area contributed by atoms with E-state index < -0.39 is 23.9 Å². The monoisotopic (exact) mass is 419 g/mol. The lowest BCUT2D eigenvalue weighted by atomic mass is 9.68. The molecule has 2 heterocycles. The second kappa shape index (κ2) is 6.90. The summed E-state index contributed by atoms with van der Waals surface area (Å²) >= 11 is 0. The summed E-state index contributed by atoms with van der Waals surface area (Å²) in [5.74, 6) is 1.39. The number of rotatable bonds is 5. The fourth-order valence-corrected chi connectivity index (χ4v) is 5.33. The normalized spacial score (nSPS) is 32.8. The van der Waals surface area contributed by atoms with Crippen molar-refractivity contribution >= 4 is 11.9 Å². The maximum atomic E-state index is 13.5. The highest BCUT2D eigenvalue weighted by molar-refractivity contribution is 6.08. The van der Waals surface area contributed by atoms with Crippen LogP contribution in [0.4, 0.5) is 8.78 Å². The number of amides is 1. The second-order valence-corrected chi connectivity index (χ2v) is 9.05. The van der Waals surface area contributed by atoms with Crippen molar-refractivity contribution < 1.29 is 23.0 Å². The quantitative estimate of drug-likeness (QED) is 0.794. The number of aryl methyl sites for hydroxylation is 1. The van der Waals surface area contributed by atoms with E-state index in [-0.39, 0.29) is 11.9 Å². The number of hydrogen-bond donors (Lipinski definition) is 1. The molecule has 5 rings (SSSR count). The third-order valence-electron chi connectivity index (χ3n) is 7.21. The van der Waals surface area contributed by atoms with E-state index in [0.29, 0.717) is 31.4 Å². The fraction of sp³-hybridized carbons (Fsp3) is 0.636. The molecule has 0 aromatic heterocycles. The van der Waals surface area contributed by atoms with Crippen LogP contribution in [-0.4, -0.2) is 42.1 Å². The Bertz CT molecular complexity index is 894. The molecule has 2 aliphatic carbocycles. The first kappa shape index (κ1) is 19.7. The van der Waals surface area contributed by atoms with Gasteiger partial charge in [0.15, 0.2) is 5.96 Å². The molecule has 8 heteroatoms. The molecule has 1 unspecified atom stereocenters. The predicted octanol–water partition coefficient (Wildman–Crippen LogP) is 3.32. The molecule has 1 amide bonds. The van der Waals surface area contributed by atoms with E-state index in [9.17, 15) is 13.6 Å². The molecule has 1 aromatic rings. The number of guanidine groups is 1. The Labute approximate surface area is 174 Å². The van der Waals surface area contributed by atoms with Crippen molar-refractivity contribution in [1.82, 2.24) is 4.90 Å². The number of hydrogen-bond acceptors (Lipinski definition) is 5. The van der Waals surface area contributed by atoms with Gasteiger partial charge in [0.05, 0.1) is 6.10 Å². The van der Waals surface area contributed by atoms with Gasteiger partial charge in [0.2, 0.25) is 5.54 Å². The van der Waals surface area contributed by atoms with Gasteiger partial charge in [-0.2, -0.15) is 8.78 Å². The maximum Gasteiger partial charge on any atom is 0.345 e. The lowest BCUT2D eigenvalue weighted by Crippen LogP contribution is -2.58. The Kier molecular flexibility index (Phi) is 4.54. The summed E-state index contributed by atoms with van der Waals surface area (Å²) in [7, 11) is 1.62. The van der Waals surface area contributed by atoms with Crippen LogP contribution < -0.4 is 10.5 Å². The van der Waals surface area contributed by atoms with Gasteiger partial charge in [-0.05, 0) is 62.1 Å². The van der Waals surface area contributed by atoms with Gasteiger partial charge in [-0.1, -0.05) is 18.9 Å². The Morgan fingerprint density at radius 1 is 1.30 bits per heavy atom. The molecule has 2 N–H and O–H groups in total. The molecule has 2 aliphatic heterocycles. The number of benzene rings is 1. The number of likely N-dealkylation sites (N-methyl/N-ethyl adjacent to an activating group) is 1. The van der Waals surface area contributed by atoms with E-state index in [1.807, 2.05) is 12.1 Å². The van der Waals surface area contributed by atoms with Gasteiger partial charge in [-0.15, -0.1) is 0 Å². The molecule has 30 heavy (non-hydrogen) atoms. The number of carbonyl (C=O) groups excluding carboxylic acids is 1. The molecule has 0 bridgehead atoms. The first-order chi connectivity index (χ1) is 14.3. The minimum atomic E-state index is -2.80. The zero-order valence-electron chi connectivity index (χ0n) is 17.1. The molecule has 1 aromatic carbocycles. The van der Waals surface area contributed by atoms with Crippen LogP contribution in [-0.2, 0) is 21.5 Å².